The fraction of sp³-hybridized carbons (Fsp3) is 0.840. The highest BCUT2D eigenvalue weighted by Crippen LogP contribution is 2.29. The van der Waals surface area contributed by atoms with Crippen molar-refractivity contribution in [1.82, 2.24) is 21.3 Å². The van der Waals surface area contributed by atoms with Crippen LogP contribution < -0.4 is 21.3 Å². The summed E-state index contributed by atoms with van der Waals surface area (Å²) in [5.74, 6) is 0.209. The van der Waals surface area contributed by atoms with Crippen molar-refractivity contribution in [3.05, 3.63) is 0 Å². The molecule has 0 saturated heterocycles. The summed E-state index contributed by atoms with van der Waals surface area (Å²) in [6.45, 7) is 11.7. The lowest BCUT2D eigenvalue weighted by atomic mass is 9.78. The molecule has 38 heavy (non-hydrogen) atoms. The molecule has 0 spiro atoms. The Bertz CT molecular complexity index is 751. The van der Waals surface area contributed by atoms with E-state index < -0.39 is 34.9 Å². The Balaban J connectivity index is 3.81. The van der Waals surface area contributed by atoms with Crippen molar-refractivity contribution < 1.29 is 34.5 Å². The molecule has 0 aliphatic rings. The average Bonchev–Trinajstić information content (AvgIpc) is 2.83. The smallest absolute Gasteiger partial charge is 0.249 e. The Kier molecular flexibility index (Phi) is 17.9. The number of nitrogens with one attached hydrogen (secondary N) is 4. The van der Waals surface area contributed by atoms with Crippen molar-refractivity contribution in [1.29, 1.82) is 0 Å². The monoisotopic (exact) mass is 580 g/mol. The van der Waals surface area contributed by atoms with Crippen LogP contribution in [0, 0.1) is 16.7 Å². The van der Waals surface area contributed by atoms with E-state index in [1.807, 2.05) is 27.7 Å². The third-order valence-electron chi connectivity index (χ3n) is 5.72. The molecule has 0 rings (SSSR count). The van der Waals surface area contributed by atoms with Crippen molar-refractivity contribution in [3.63, 3.8) is 0 Å². The van der Waals surface area contributed by atoms with Crippen LogP contribution in [0.4, 0.5) is 0 Å². The first kappa shape index (κ1) is 36.5. The van der Waals surface area contributed by atoms with Crippen LogP contribution in [-0.4, -0.2) is 95.4 Å². The molecule has 4 amide bonds. The lowest BCUT2D eigenvalue weighted by Gasteiger charge is -2.31. The fourth-order valence-electron chi connectivity index (χ4n) is 3.51. The number of hydrogen-bond acceptors (Lipinski definition) is 9. The SMILES string of the molecule is CC(C)CC(C)(C)C(O)C(=O)NCCC(=O)NCCSSCCNC(=O)CCNC(=O)C(O)C(C)(C)CO. The molecular formula is C25H48N4O7S2. The van der Waals surface area contributed by atoms with Gasteiger partial charge in [-0.1, -0.05) is 63.1 Å². The van der Waals surface area contributed by atoms with Gasteiger partial charge in [0.25, 0.3) is 0 Å². The van der Waals surface area contributed by atoms with Gasteiger partial charge in [0.05, 0.1) is 6.61 Å². The lowest BCUT2D eigenvalue weighted by molar-refractivity contribution is -0.137. The molecule has 2 atom stereocenters. The van der Waals surface area contributed by atoms with Gasteiger partial charge in [-0.05, 0) is 17.8 Å². The molecule has 0 aliphatic carbocycles. The highest BCUT2D eigenvalue weighted by molar-refractivity contribution is 8.76. The maximum atomic E-state index is 12.2. The number of carbonyl (C=O) groups excluding carboxylic acids is 4. The van der Waals surface area contributed by atoms with Crippen LogP contribution in [0.2, 0.25) is 0 Å². The van der Waals surface area contributed by atoms with Crippen LogP contribution in [0.5, 0.6) is 0 Å². The summed E-state index contributed by atoms with van der Waals surface area (Å²) in [4.78, 5) is 47.8. The van der Waals surface area contributed by atoms with Crippen molar-refractivity contribution in [2.24, 2.45) is 16.7 Å². The Morgan fingerprint density at radius 2 is 1.08 bits per heavy atom. The van der Waals surface area contributed by atoms with E-state index in [1.54, 1.807) is 35.4 Å². The first-order valence-corrected chi connectivity index (χ1v) is 15.4. The van der Waals surface area contributed by atoms with Gasteiger partial charge in [0.15, 0.2) is 0 Å². The summed E-state index contributed by atoms with van der Waals surface area (Å²) < 4.78 is 0. The minimum absolute atomic E-state index is 0.0803. The minimum Gasteiger partial charge on any atom is -0.396 e. The maximum absolute atomic E-state index is 12.2. The Labute approximate surface area is 234 Å². The summed E-state index contributed by atoms with van der Waals surface area (Å²) in [5.41, 5.74) is -1.50. The van der Waals surface area contributed by atoms with Crippen LogP contribution in [0.1, 0.15) is 60.8 Å². The molecule has 0 fully saturated rings. The van der Waals surface area contributed by atoms with Crippen LogP contribution in [0.15, 0.2) is 0 Å². The molecule has 11 nitrogen and oxygen atoms in total. The predicted molar refractivity (Wildman–Crippen MR) is 152 cm³/mol. The van der Waals surface area contributed by atoms with E-state index in [4.69, 9.17) is 0 Å². The van der Waals surface area contributed by atoms with E-state index in [1.165, 1.54) is 0 Å². The second kappa shape index (κ2) is 18.7. The summed E-state index contributed by atoms with van der Waals surface area (Å²) in [5, 5.41) is 40.0. The van der Waals surface area contributed by atoms with Crippen molar-refractivity contribution >= 4 is 45.2 Å². The predicted octanol–water partition coefficient (Wildman–Crippen LogP) is 0.425. The van der Waals surface area contributed by atoms with Gasteiger partial charge < -0.3 is 36.6 Å². The number of amides is 4. The minimum atomic E-state index is -1.36. The number of rotatable bonds is 20. The lowest BCUT2D eigenvalue weighted by Crippen LogP contribution is -2.46. The largest absolute Gasteiger partial charge is 0.396 e. The normalized spacial score (nSPS) is 13.5. The van der Waals surface area contributed by atoms with E-state index in [2.05, 4.69) is 21.3 Å². The number of carbonyl (C=O) groups is 4. The van der Waals surface area contributed by atoms with Gasteiger partial charge in [-0.3, -0.25) is 19.2 Å². The van der Waals surface area contributed by atoms with Crippen LogP contribution in [-0.2, 0) is 19.2 Å². The molecule has 0 aromatic carbocycles. The molecule has 2 unspecified atom stereocenters. The average molecular weight is 581 g/mol. The Morgan fingerprint density at radius 3 is 1.45 bits per heavy atom. The van der Waals surface area contributed by atoms with Gasteiger partial charge in [0.1, 0.15) is 12.2 Å². The summed E-state index contributed by atoms with van der Waals surface area (Å²) in [7, 11) is 3.11. The zero-order valence-electron chi connectivity index (χ0n) is 23.6. The third kappa shape index (κ3) is 15.8. The van der Waals surface area contributed by atoms with Crippen LogP contribution in [0.25, 0.3) is 0 Å². The molecular weight excluding hydrogens is 532 g/mol. The number of aliphatic hydroxyl groups excluding tert-OH is 3. The van der Waals surface area contributed by atoms with E-state index in [-0.39, 0.29) is 44.4 Å². The first-order chi connectivity index (χ1) is 17.6. The molecule has 0 aromatic heterocycles. The van der Waals surface area contributed by atoms with Crippen molar-refractivity contribution in [3.8, 4) is 0 Å². The van der Waals surface area contributed by atoms with Crippen molar-refractivity contribution in [2.45, 2.75) is 73.0 Å². The number of hydrogen-bond donors (Lipinski definition) is 7. The van der Waals surface area contributed by atoms with E-state index >= 15 is 0 Å². The second-order valence-electron chi connectivity index (χ2n) is 11.0. The van der Waals surface area contributed by atoms with Gasteiger partial charge in [-0.25, -0.2) is 0 Å². The summed E-state index contributed by atoms with van der Waals surface area (Å²) >= 11 is 0. The third-order valence-corrected chi connectivity index (χ3v) is 8.13. The fourth-order valence-corrected chi connectivity index (χ4v) is 5.32. The van der Waals surface area contributed by atoms with E-state index in [0.717, 1.165) is 0 Å². The molecule has 0 saturated carbocycles. The van der Waals surface area contributed by atoms with Gasteiger partial charge in [-0.2, -0.15) is 0 Å². The molecule has 0 aromatic rings. The first-order valence-electron chi connectivity index (χ1n) is 12.9. The highest BCUT2D eigenvalue weighted by atomic mass is 33.1. The van der Waals surface area contributed by atoms with E-state index in [0.29, 0.717) is 36.9 Å². The summed E-state index contributed by atoms with van der Waals surface area (Å²) in [6, 6.07) is 0. The molecule has 0 radical (unpaired) electrons. The quantitative estimate of drug-likeness (QED) is 0.0795. The van der Waals surface area contributed by atoms with Crippen LogP contribution in [0.3, 0.4) is 0 Å². The van der Waals surface area contributed by atoms with Gasteiger partial charge in [0, 0.05) is 55.9 Å². The molecule has 222 valence electrons. The van der Waals surface area contributed by atoms with E-state index in [9.17, 15) is 34.5 Å². The van der Waals surface area contributed by atoms with Gasteiger partial charge in [0.2, 0.25) is 23.6 Å². The van der Waals surface area contributed by atoms with Gasteiger partial charge >= 0.3 is 0 Å². The standard InChI is InChI=1S/C25H48N4O7S2/c1-17(2)15-24(3,4)20(33)22(35)28-9-7-18(31)26-11-13-37-38-14-12-27-19(32)8-10-29-23(36)21(34)25(5,6)16-30/h17,20-21,30,33-34H,7-16H2,1-6H3,(H,26,31)(H,27,32)(H,28,35)(H,29,36). The molecule has 7 N–H and O–H groups in total. The molecule has 0 heterocycles. The summed E-state index contributed by atoms with van der Waals surface area (Å²) in [6.07, 6.45) is -1.57. The topological polar surface area (TPSA) is 177 Å². The maximum Gasteiger partial charge on any atom is 0.249 e. The Morgan fingerprint density at radius 1 is 0.684 bits per heavy atom. The van der Waals surface area contributed by atoms with Crippen LogP contribution >= 0.6 is 21.6 Å². The number of aliphatic hydroxyl groups is 3. The Hall–Kier alpha value is -1.54. The van der Waals surface area contributed by atoms with Gasteiger partial charge in [-0.15, -0.1) is 0 Å². The van der Waals surface area contributed by atoms with Crippen molar-refractivity contribution in [2.75, 3.05) is 44.3 Å². The zero-order valence-corrected chi connectivity index (χ0v) is 25.2. The molecule has 13 heteroatoms. The zero-order chi connectivity index (χ0) is 29.4. The second-order valence-corrected chi connectivity index (χ2v) is 13.7. The highest BCUT2D eigenvalue weighted by Gasteiger charge is 2.34. The molecule has 0 bridgehead atoms. The molecule has 0 aliphatic heterocycles.